The number of hydrogen-bond donors (Lipinski definition) is 1. The topological polar surface area (TPSA) is 42.2 Å². The summed E-state index contributed by atoms with van der Waals surface area (Å²) in [6, 6.07) is 1.78. The number of carbonyl (C=O) groups is 1. The van der Waals surface area contributed by atoms with Crippen molar-refractivity contribution >= 4 is 28.5 Å². The van der Waals surface area contributed by atoms with Gasteiger partial charge in [-0.2, -0.15) is 0 Å². The second-order valence-corrected chi connectivity index (χ2v) is 4.56. The summed E-state index contributed by atoms with van der Waals surface area (Å²) in [6.07, 6.45) is 2.18. The van der Waals surface area contributed by atoms with Crippen LogP contribution < -0.4 is 5.32 Å². The van der Waals surface area contributed by atoms with Gasteiger partial charge in [-0.3, -0.25) is 4.79 Å². The number of aryl methyl sites for hydroxylation is 2. The van der Waals surface area contributed by atoms with Crippen molar-refractivity contribution in [2.45, 2.75) is 26.7 Å². The van der Waals surface area contributed by atoms with Crippen molar-refractivity contribution < 1.29 is 9.21 Å². The van der Waals surface area contributed by atoms with Gasteiger partial charge in [-0.1, -0.05) is 22.6 Å². The van der Waals surface area contributed by atoms with Crippen LogP contribution in [0.4, 0.5) is 0 Å². The molecule has 15 heavy (non-hydrogen) atoms. The minimum atomic E-state index is -0.0298. The molecule has 0 aliphatic carbocycles. The fourth-order valence-corrected chi connectivity index (χ4v) is 1.91. The van der Waals surface area contributed by atoms with Gasteiger partial charge in [0.1, 0.15) is 11.5 Å². The Morgan fingerprint density at radius 1 is 1.47 bits per heavy atom. The Labute approximate surface area is 104 Å². The average molecular weight is 321 g/mol. The summed E-state index contributed by atoms with van der Waals surface area (Å²) in [7, 11) is 0. The van der Waals surface area contributed by atoms with Crippen molar-refractivity contribution in [2.24, 2.45) is 0 Å². The van der Waals surface area contributed by atoms with E-state index in [0.717, 1.165) is 29.6 Å². The lowest BCUT2D eigenvalue weighted by Crippen LogP contribution is -2.24. The quantitative estimate of drug-likeness (QED) is 0.515. The molecule has 0 bridgehead atoms. The van der Waals surface area contributed by atoms with Crippen LogP contribution >= 0.6 is 22.6 Å². The third kappa shape index (κ3) is 3.85. The van der Waals surface area contributed by atoms with Crippen molar-refractivity contribution in [1.82, 2.24) is 5.32 Å². The molecule has 1 N–H and O–H groups in total. The van der Waals surface area contributed by atoms with Gasteiger partial charge in [-0.15, -0.1) is 0 Å². The Morgan fingerprint density at radius 2 is 2.20 bits per heavy atom. The Hall–Kier alpha value is -0.520. The number of amides is 1. The van der Waals surface area contributed by atoms with E-state index in [0.29, 0.717) is 11.3 Å². The molecule has 4 heteroatoms. The molecule has 0 aliphatic rings. The summed E-state index contributed by atoms with van der Waals surface area (Å²) in [5.74, 6) is 1.45. The van der Waals surface area contributed by atoms with E-state index in [2.05, 4.69) is 27.9 Å². The van der Waals surface area contributed by atoms with Crippen LogP contribution in [0.15, 0.2) is 10.5 Å². The molecule has 0 fully saturated rings. The van der Waals surface area contributed by atoms with E-state index in [1.807, 2.05) is 13.8 Å². The molecule has 0 saturated heterocycles. The number of carbonyl (C=O) groups excluding carboxylic acids is 1. The van der Waals surface area contributed by atoms with Gasteiger partial charge in [0.15, 0.2) is 0 Å². The molecule has 0 aliphatic heterocycles. The number of halogens is 1. The van der Waals surface area contributed by atoms with E-state index in [9.17, 15) is 4.79 Å². The van der Waals surface area contributed by atoms with Crippen molar-refractivity contribution in [3.63, 3.8) is 0 Å². The molecule has 0 atom stereocenters. The molecule has 3 nitrogen and oxygen atoms in total. The normalized spacial score (nSPS) is 10.3. The second-order valence-electron chi connectivity index (χ2n) is 3.48. The molecule has 0 aromatic carbocycles. The van der Waals surface area contributed by atoms with Crippen LogP contribution in [-0.2, 0) is 0 Å². The Kier molecular flexibility index (Phi) is 5.14. The maximum absolute atomic E-state index is 11.7. The molecule has 1 aromatic heterocycles. The van der Waals surface area contributed by atoms with Crippen molar-refractivity contribution in [2.75, 3.05) is 11.0 Å². The van der Waals surface area contributed by atoms with Crippen molar-refractivity contribution in [3.05, 3.63) is 23.2 Å². The standard InChI is InChI=1S/C11H16INO2/c1-8-7-10(9(2)15-8)11(14)13-6-4-3-5-12/h7H,3-6H2,1-2H3,(H,13,14). The predicted octanol–water partition coefficient (Wildman–Crippen LogP) is 2.84. The number of furan rings is 1. The van der Waals surface area contributed by atoms with E-state index >= 15 is 0 Å². The summed E-state index contributed by atoms with van der Waals surface area (Å²) >= 11 is 2.34. The summed E-state index contributed by atoms with van der Waals surface area (Å²) < 4.78 is 6.44. The lowest BCUT2D eigenvalue weighted by molar-refractivity contribution is 0.0951. The zero-order valence-corrected chi connectivity index (χ0v) is 11.3. The first-order chi connectivity index (χ1) is 7.15. The van der Waals surface area contributed by atoms with Gasteiger partial charge < -0.3 is 9.73 Å². The Balaban J connectivity index is 2.43. The first-order valence-electron chi connectivity index (χ1n) is 5.06. The van der Waals surface area contributed by atoms with E-state index in [1.54, 1.807) is 6.07 Å². The highest BCUT2D eigenvalue weighted by Gasteiger charge is 2.12. The fourth-order valence-electron chi connectivity index (χ4n) is 1.37. The van der Waals surface area contributed by atoms with E-state index in [-0.39, 0.29) is 5.91 Å². The van der Waals surface area contributed by atoms with E-state index in [1.165, 1.54) is 0 Å². The van der Waals surface area contributed by atoms with E-state index < -0.39 is 0 Å². The molecule has 1 amide bonds. The smallest absolute Gasteiger partial charge is 0.254 e. The summed E-state index contributed by atoms with van der Waals surface area (Å²) in [5.41, 5.74) is 0.655. The summed E-state index contributed by atoms with van der Waals surface area (Å²) in [5, 5.41) is 2.89. The monoisotopic (exact) mass is 321 g/mol. The zero-order chi connectivity index (χ0) is 11.3. The van der Waals surface area contributed by atoms with E-state index in [4.69, 9.17) is 4.42 Å². The molecule has 1 aromatic rings. The van der Waals surface area contributed by atoms with Crippen LogP contribution in [0.25, 0.3) is 0 Å². The van der Waals surface area contributed by atoms with Gasteiger partial charge in [0.05, 0.1) is 5.56 Å². The summed E-state index contributed by atoms with van der Waals surface area (Å²) in [6.45, 7) is 4.40. The molecule has 84 valence electrons. The third-order valence-corrected chi connectivity index (χ3v) is 2.89. The minimum absolute atomic E-state index is 0.0298. The van der Waals surface area contributed by atoms with Gasteiger partial charge in [-0.05, 0) is 37.2 Å². The van der Waals surface area contributed by atoms with Crippen LogP contribution in [-0.4, -0.2) is 16.9 Å². The van der Waals surface area contributed by atoms with Gasteiger partial charge in [0.2, 0.25) is 0 Å². The highest BCUT2D eigenvalue weighted by molar-refractivity contribution is 14.1. The molecule has 1 heterocycles. The lowest BCUT2D eigenvalue weighted by atomic mass is 10.2. The van der Waals surface area contributed by atoms with Gasteiger partial charge in [0, 0.05) is 6.54 Å². The molecule has 0 spiro atoms. The first kappa shape index (κ1) is 12.5. The van der Waals surface area contributed by atoms with Crippen LogP contribution in [0.2, 0.25) is 0 Å². The number of rotatable bonds is 5. The van der Waals surface area contributed by atoms with Crippen LogP contribution in [0.3, 0.4) is 0 Å². The van der Waals surface area contributed by atoms with Crippen LogP contribution in [0.5, 0.6) is 0 Å². The molecule has 1 rings (SSSR count). The Morgan fingerprint density at radius 3 is 2.73 bits per heavy atom. The third-order valence-electron chi connectivity index (χ3n) is 2.13. The second kappa shape index (κ2) is 6.15. The SMILES string of the molecule is Cc1cc(C(=O)NCCCCI)c(C)o1. The lowest BCUT2D eigenvalue weighted by Gasteiger charge is -2.02. The number of hydrogen-bond acceptors (Lipinski definition) is 2. The summed E-state index contributed by atoms with van der Waals surface area (Å²) in [4.78, 5) is 11.7. The van der Waals surface area contributed by atoms with Gasteiger partial charge in [-0.25, -0.2) is 0 Å². The van der Waals surface area contributed by atoms with Crippen molar-refractivity contribution in [1.29, 1.82) is 0 Å². The maximum atomic E-state index is 11.7. The fraction of sp³-hybridized carbons (Fsp3) is 0.545. The number of nitrogens with one attached hydrogen (secondary N) is 1. The number of alkyl halides is 1. The average Bonchev–Trinajstić information content (AvgIpc) is 2.52. The minimum Gasteiger partial charge on any atom is -0.466 e. The van der Waals surface area contributed by atoms with Gasteiger partial charge >= 0.3 is 0 Å². The highest BCUT2D eigenvalue weighted by atomic mass is 127. The molecule has 0 unspecified atom stereocenters. The van der Waals surface area contributed by atoms with Crippen molar-refractivity contribution in [3.8, 4) is 0 Å². The van der Waals surface area contributed by atoms with Crippen LogP contribution in [0.1, 0.15) is 34.7 Å². The molecular weight excluding hydrogens is 305 g/mol. The maximum Gasteiger partial charge on any atom is 0.254 e. The first-order valence-corrected chi connectivity index (χ1v) is 6.59. The van der Waals surface area contributed by atoms with Gasteiger partial charge in [0.25, 0.3) is 5.91 Å². The molecular formula is C11H16INO2. The Bertz CT molecular complexity index is 333. The largest absolute Gasteiger partial charge is 0.466 e. The van der Waals surface area contributed by atoms with Crippen LogP contribution in [0, 0.1) is 13.8 Å². The predicted molar refractivity (Wildman–Crippen MR) is 68.6 cm³/mol. The number of unbranched alkanes of at least 4 members (excludes halogenated alkanes) is 1. The highest BCUT2D eigenvalue weighted by Crippen LogP contribution is 2.13. The molecule has 0 saturated carbocycles. The molecule has 0 radical (unpaired) electrons. The zero-order valence-electron chi connectivity index (χ0n) is 9.10.